The van der Waals surface area contributed by atoms with Gasteiger partial charge < -0.3 is 25.1 Å². The summed E-state index contributed by atoms with van der Waals surface area (Å²) in [5, 5.41) is 14.1. The maximum atomic E-state index is 12.9. The summed E-state index contributed by atoms with van der Waals surface area (Å²) in [6.07, 6.45) is 17.8. The maximum absolute atomic E-state index is 12.9. The van der Waals surface area contributed by atoms with Gasteiger partial charge in [0.1, 0.15) is 12.4 Å². The Morgan fingerprint density at radius 2 is 1.21 bits per heavy atom. The number of esters is 2. The Labute approximate surface area is 257 Å². The van der Waals surface area contributed by atoms with Crippen molar-refractivity contribution in [2.75, 3.05) is 6.61 Å². The number of nitrogens with zero attached hydrogens (tertiary/aromatic N) is 3. The monoisotopic (exact) mass is 608 g/mol. The van der Waals surface area contributed by atoms with Crippen LogP contribution in [0.4, 0.5) is 0 Å². The minimum Gasteiger partial charge on any atom is -0.455 e. The highest BCUT2D eigenvalue weighted by Crippen LogP contribution is 2.34. The molecule has 11 heteroatoms. The Balaban J connectivity index is 1.90. The molecule has 4 atom stereocenters. The number of amides is 1. The van der Waals surface area contributed by atoms with E-state index in [1.165, 1.54) is 75.2 Å². The highest BCUT2D eigenvalue weighted by atomic mass is 16.6. The Morgan fingerprint density at radius 1 is 0.767 bits per heavy atom. The average molecular weight is 609 g/mol. The molecule has 0 saturated carbocycles. The van der Waals surface area contributed by atoms with Gasteiger partial charge in [-0.05, 0) is 12.8 Å². The minimum absolute atomic E-state index is 0.214. The van der Waals surface area contributed by atoms with E-state index in [9.17, 15) is 19.5 Å². The number of ether oxygens (including phenoxy) is 3. The standard InChI is InChI=1S/C32H56N4O7/c1-3-5-7-9-11-13-15-17-19-21-26(38)42-28-25(23-37)41-32(36-24-34-31(35-36)30(33)40)29(28)43-27(39)22-20-18-16-14-12-10-8-6-4-2/h24-25,28-29,32,37H,3-23H2,1-2H3,(H2,33,40)/t25-,28-,29-,32-/m1/s1. The van der Waals surface area contributed by atoms with E-state index >= 15 is 0 Å². The molecule has 0 spiro atoms. The number of hydrogen-bond acceptors (Lipinski definition) is 9. The number of aliphatic hydroxyl groups is 1. The third kappa shape index (κ3) is 14.2. The van der Waals surface area contributed by atoms with Crippen LogP contribution < -0.4 is 5.73 Å². The van der Waals surface area contributed by atoms with Crippen LogP contribution in [0.1, 0.15) is 159 Å². The molecule has 0 aromatic carbocycles. The van der Waals surface area contributed by atoms with Crippen LogP contribution in [-0.4, -0.2) is 62.6 Å². The van der Waals surface area contributed by atoms with Crippen LogP contribution in [0.5, 0.6) is 0 Å². The second-order valence-corrected chi connectivity index (χ2v) is 11.7. The summed E-state index contributed by atoms with van der Waals surface area (Å²) in [6, 6.07) is 0. The second-order valence-electron chi connectivity index (χ2n) is 11.7. The van der Waals surface area contributed by atoms with Crippen LogP contribution in [0.25, 0.3) is 0 Å². The summed E-state index contributed by atoms with van der Waals surface area (Å²) in [7, 11) is 0. The predicted octanol–water partition coefficient (Wildman–Crippen LogP) is 5.93. The van der Waals surface area contributed by atoms with Crippen molar-refractivity contribution in [2.24, 2.45) is 5.73 Å². The van der Waals surface area contributed by atoms with Crippen molar-refractivity contribution in [1.29, 1.82) is 0 Å². The van der Waals surface area contributed by atoms with Gasteiger partial charge in [-0.25, -0.2) is 9.67 Å². The number of primary amides is 1. The summed E-state index contributed by atoms with van der Waals surface area (Å²) < 4.78 is 18.7. The van der Waals surface area contributed by atoms with E-state index in [0.29, 0.717) is 12.8 Å². The molecule has 2 rings (SSSR count). The lowest BCUT2D eigenvalue weighted by atomic mass is 10.1. The number of carbonyl (C=O) groups excluding carboxylic acids is 3. The first-order valence-electron chi connectivity index (χ1n) is 16.8. The number of aromatic nitrogens is 3. The highest BCUT2D eigenvalue weighted by Gasteiger charge is 2.50. The summed E-state index contributed by atoms with van der Waals surface area (Å²) in [4.78, 5) is 41.1. The summed E-state index contributed by atoms with van der Waals surface area (Å²) in [5.41, 5.74) is 5.30. The van der Waals surface area contributed by atoms with Crippen molar-refractivity contribution < 1.29 is 33.7 Å². The molecule has 1 aromatic rings. The molecular weight excluding hydrogens is 552 g/mol. The second kappa shape index (κ2) is 22.0. The van der Waals surface area contributed by atoms with Gasteiger partial charge in [0.2, 0.25) is 5.82 Å². The molecule has 0 radical (unpaired) electrons. The van der Waals surface area contributed by atoms with E-state index in [4.69, 9.17) is 19.9 Å². The van der Waals surface area contributed by atoms with Gasteiger partial charge in [-0.2, -0.15) is 0 Å². The fraction of sp³-hybridized carbons (Fsp3) is 0.844. The van der Waals surface area contributed by atoms with Crippen LogP contribution in [0.15, 0.2) is 6.33 Å². The molecule has 2 heterocycles. The van der Waals surface area contributed by atoms with Crippen LogP contribution in [0.3, 0.4) is 0 Å². The Hall–Kier alpha value is -2.53. The number of unbranched alkanes of at least 4 members (excludes halogenated alkanes) is 16. The summed E-state index contributed by atoms with van der Waals surface area (Å²) in [5.74, 6) is -1.93. The lowest BCUT2D eigenvalue weighted by Crippen LogP contribution is -2.40. The normalized spacial score (nSPS) is 19.9. The third-order valence-corrected chi connectivity index (χ3v) is 7.96. The van der Waals surface area contributed by atoms with E-state index in [1.807, 2.05) is 0 Å². The molecular formula is C32H56N4O7. The topological polar surface area (TPSA) is 156 Å². The molecule has 0 aliphatic carbocycles. The van der Waals surface area contributed by atoms with Gasteiger partial charge in [0.25, 0.3) is 5.91 Å². The molecule has 246 valence electrons. The first-order chi connectivity index (χ1) is 20.9. The quantitative estimate of drug-likeness (QED) is 0.101. The lowest BCUT2D eigenvalue weighted by Gasteiger charge is -2.24. The van der Waals surface area contributed by atoms with E-state index in [0.717, 1.165) is 38.5 Å². The van der Waals surface area contributed by atoms with Crippen molar-refractivity contribution in [1.82, 2.24) is 14.8 Å². The molecule has 43 heavy (non-hydrogen) atoms. The van der Waals surface area contributed by atoms with Crippen LogP contribution in [0, 0.1) is 0 Å². The molecule has 1 aromatic heterocycles. The molecule has 3 N–H and O–H groups in total. The number of aliphatic hydroxyl groups excluding tert-OH is 1. The van der Waals surface area contributed by atoms with Gasteiger partial charge >= 0.3 is 11.9 Å². The number of carbonyl (C=O) groups is 3. The van der Waals surface area contributed by atoms with E-state index in [1.54, 1.807) is 0 Å². The first kappa shape index (κ1) is 36.7. The van der Waals surface area contributed by atoms with Gasteiger partial charge in [-0.3, -0.25) is 14.4 Å². The van der Waals surface area contributed by atoms with Crippen molar-refractivity contribution in [3.05, 3.63) is 12.2 Å². The largest absolute Gasteiger partial charge is 0.455 e. The third-order valence-electron chi connectivity index (χ3n) is 7.96. The zero-order chi connectivity index (χ0) is 31.3. The SMILES string of the molecule is CCCCCCCCCCCC(=O)O[C@@H]1[C@H](OC(=O)CCCCCCCCCCC)[C@@H](CO)O[C@H]1n1cnc(C(N)=O)n1. The number of hydrogen-bond donors (Lipinski definition) is 2. The molecule has 1 saturated heterocycles. The zero-order valence-electron chi connectivity index (χ0n) is 26.6. The minimum atomic E-state index is -1.07. The Bertz CT molecular complexity index is 925. The molecule has 1 aliphatic heterocycles. The molecule has 1 amide bonds. The smallest absolute Gasteiger partial charge is 0.306 e. The molecule has 1 aliphatic rings. The molecule has 11 nitrogen and oxygen atoms in total. The van der Waals surface area contributed by atoms with Gasteiger partial charge in [-0.15, -0.1) is 5.10 Å². The van der Waals surface area contributed by atoms with Gasteiger partial charge in [-0.1, -0.05) is 117 Å². The van der Waals surface area contributed by atoms with E-state index in [2.05, 4.69) is 23.9 Å². The van der Waals surface area contributed by atoms with E-state index in [-0.39, 0.29) is 18.7 Å². The Morgan fingerprint density at radius 3 is 1.63 bits per heavy atom. The van der Waals surface area contributed by atoms with Gasteiger partial charge in [0.15, 0.2) is 18.4 Å². The molecule has 0 unspecified atom stereocenters. The fourth-order valence-corrected chi connectivity index (χ4v) is 5.43. The predicted molar refractivity (Wildman–Crippen MR) is 163 cm³/mol. The van der Waals surface area contributed by atoms with Crippen molar-refractivity contribution in [2.45, 2.75) is 167 Å². The lowest BCUT2D eigenvalue weighted by molar-refractivity contribution is -0.169. The maximum Gasteiger partial charge on any atom is 0.306 e. The van der Waals surface area contributed by atoms with Crippen LogP contribution >= 0.6 is 0 Å². The fourth-order valence-electron chi connectivity index (χ4n) is 5.43. The van der Waals surface area contributed by atoms with Crippen LogP contribution in [-0.2, 0) is 23.8 Å². The first-order valence-corrected chi connectivity index (χ1v) is 16.8. The highest BCUT2D eigenvalue weighted by molar-refractivity contribution is 5.88. The average Bonchev–Trinajstić information content (AvgIpc) is 3.61. The van der Waals surface area contributed by atoms with Gasteiger partial charge in [0.05, 0.1) is 6.61 Å². The summed E-state index contributed by atoms with van der Waals surface area (Å²) in [6.45, 7) is 3.95. The van der Waals surface area contributed by atoms with Crippen molar-refractivity contribution >= 4 is 17.8 Å². The summed E-state index contributed by atoms with van der Waals surface area (Å²) >= 11 is 0. The zero-order valence-corrected chi connectivity index (χ0v) is 26.6. The number of rotatable bonds is 25. The molecule has 1 fully saturated rings. The molecule has 0 bridgehead atoms. The van der Waals surface area contributed by atoms with Gasteiger partial charge in [0, 0.05) is 12.8 Å². The van der Waals surface area contributed by atoms with Crippen molar-refractivity contribution in [3.8, 4) is 0 Å². The number of nitrogens with two attached hydrogens (primary N) is 1. The van der Waals surface area contributed by atoms with Crippen molar-refractivity contribution in [3.63, 3.8) is 0 Å². The van der Waals surface area contributed by atoms with E-state index < -0.39 is 49.0 Å². The Kier molecular flexibility index (Phi) is 18.8. The van der Waals surface area contributed by atoms with Crippen LogP contribution in [0.2, 0.25) is 0 Å².